The number of nitrogens with zero attached hydrogens (tertiary/aromatic N) is 3. The van der Waals surface area contributed by atoms with Gasteiger partial charge in [-0.25, -0.2) is 4.98 Å². The molecule has 4 rings (SSSR count). The molecule has 1 fully saturated rings. The van der Waals surface area contributed by atoms with Crippen LogP contribution in [0.3, 0.4) is 0 Å². The van der Waals surface area contributed by atoms with Gasteiger partial charge in [0.25, 0.3) is 0 Å². The van der Waals surface area contributed by atoms with Crippen LogP contribution in [-0.4, -0.2) is 29.0 Å². The third kappa shape index (κ3) is 4.75. The highest BCUT2D eigenvalue weighted by Crippen LogP contribution is 2.23. The first kappa shape index (κ1) is 18.6. The predicted octanol–water partition coefficient (Wildman–Crippen LogP) is 4.77. The van der Waals surface area contributed by atoms with Gasteiger partial charge < -0.3 is 10.2 Å². The van der Waals surface area contributed by atoms with Gasteiger partial charge >= 0.3 is 0 Å². The fraction of sp³-hybridized carbons (Fsp3) is 0.318. The van der Waals surface area contributed by atoms with Crippen molar-refractivity contribution in [2.24, 2.45) is 0 Å². The Morgan fingerprint density at radius 3 is 2.64 bits per heavy atom. The van der Waals surface area contributed by atoms with Crippen molar-refractivity contribution in [2.75, 3.05) is 23.3 Å². The van der Waals surface area contributed by atoms with E-state index in [1.54, 1.807) is 17.5 Å². The number of piperidine rings is 1. The maximum atomic E-state index is 12.3. The molecule has 1 N–H and O–H groups in total. The van der Waals surface area contributed by atoms with Crippen LogP contribution in [0.5, 0.6) is 0 Å². The molecule has 2 aromatic heterocycles. The van der Waals surface area contributed by atoms with Crippen LogP contribution in [0.4, 0.5) is 11.4 Å². The van der Waals surface area contributed by atoms with E-state index in [4.69, 9.17) is 0 Å². The zero-order chi connectivity index (χ0) is 19.2. The van der Waals surface area contributed by atoms with E-state index < -0.39 is 0 Å². The second kappa shape index (κ2) is 8.97. The molecular weight excluding hydrogens is 368 g/mol. The molecule has 0 radical (unpaired) electrons. The molecule has 3 aromatic rings. The highest BCUT2D eigenvalue weighted by atomic mass is 32.1. The van der Waals surface area contributed by atoms with Crippen LogP contribution in [0, 0.1) is 0 Å². The van der Waals surface area contributed by atoms with Crippen molar-refractivity contribution in [3.05, 3.63) is 59.7 Å². The summed E-state index contributed by atoms with van der Waals surface area (Å²) in [6, 6.07) is 14.0. The van der Waals surface area contributed by atoms with Crippen molar-refractivity contribution in [1.82, 2.24) is 9.97 Å². The van der Waals surface area contributed by atoms with E-state index in [0.29, 0.717) is 12.8 Å². The van der Waals surface area contributed by atoms with Gasteiger partial charge in [0, 0.05) is 42.5 Å². The summed E-state index contributed by atoms with van der Waals surface area (Å²) in [5, 5.41) is 5.88. The first-order chi connectivity index (χ1) is 13.8. The van der Waals surface area contributed by atoms with Gasteiger partial charge in [-0.15, -0.1) is 11.3 Å². The first-order valence-corrected chi connectivity index (χ1v) is 10.7. The molecule has 0 aliphatic carbocycles. The van der Waals surface area contributed by atoms with E-state index in [1.165, 1.54) is 24.9 Å². The Labute approximate surface area is 169 Å². The lowest BCUT2D eigenvalue weighted by Crippen LogP contribution is -2.29. The van der Waals surface area contributed by atoms with Gasteiger partial charge in [0.15, 0.2) is 0 Å². The number of aromatic nitrogens is 2. The van der Waals surface area contributed by atoms with Crippen molar-refractivity contribution in [3.63, 3.8) is 0 Å². The molecule has 0 saturated carbocycles. The third-order valence-corrected chi connectivity index (χ3v) is 5.83. The molecule has 0 unspecified atom stereocenters. The number of hydrogen-bond donors (Lipinski definition) is 1. The number of pyridine rings is 1. The fourth-order valence-corrected chi connectivity index (χ4v) is 4.23. The molecule has 3 heterocycles. The lowest BCUT2D eigenvalue weighted by atomic mass is 10.1. The Hall–Kier alpha value is -2.73. The van der Waals surface area contributed by atoms with Crippen molar-refractivity contribution in [2.45, 2.75) is 32.1 Å². The van der Waals surface area contributed by atoms with Gasteiger partial charge in [-0.05, 0) is 62.1 Å². The average Bonchev–Trinajstić information content (AvgIpc) is 3.23. The van der Waals surface area contributed by atoms with Gasteiger partial charge in [0.1, 0.15) is 5.01 Å². The fourth-order valence-electron chi connectivity index (χ4n) is 3.40. The minimum atomic E-state index is 0.0121. The normalized spacial score (nSPS) is 14.1. The van der Waals surface area contributed by atoms with E-state index in [2.05, 4.69) is 32.3 Å². The van der Waals surface area contributed by atoms with Crippen LogP contribution >= 0.6 is 11.3 Å². The van der Waals surface area contributed by atoms with Gasteiger partial charge in [-0.1, -0.05) is 6.07 Å². The highest BCUT2D eigenvalue weighted by Gasteiger charge is 2.11. The minimum Gasteiger partial charge on any atom is -0.372 e. The number of thiazole rings is 1. The molecule has 1 amide bonds. The summed E-state index contributed by atoms with van der Waals surface area (Å²) >= 11 is 1.56. The largest absolute Gasteiger partial charge is 0.372 e. The average molecular weight is 393 g/mol. The van der Waals surface area contributed by atoms with Gasteiger partial charge in [0.05, 0.1) is 11.4 Å². The number of amides is 1. The number of rotatable bonds is 6. The van der Waals surface area contributed by atoms with Crippen LogP contribution in [-0.2, 0) is 11.2 Å². The summed E-state index contributed by atoms with van der Waals surface area (Å²) in [5.41, 5.74) is 3.89. The Kier molecular flexibility index (Phi) is 5.97. The molecule has 0 bridgehead atoms. The number of anilines is 2. The smallest absolute Gasteiger partial charge is 0.224 e. The topological polar surface area (TPSA) is 58.1 Å². The molecule has 1 saturated heterocycles. The van der Waals surface area contributed by atoms with Crippen molar-refractivity contribution in [3.8, 4) is 10.7 Å². The van der Waals surface area contributed by atoms with Crippen molar-refractivity contribution in [1.29, 1.82) is 0 Å². The van der Waals surface area contributed by atoms with Crippen LogP contribution in [0.1, 0.15) is 31.4 Å². The summed E-state index contributed by atoms with van der Waals surface area (Å²) in [6.45, 7) is 2.25. The number of hydrogen-bond acceptors (Lipinski definition) is 5. The molecule has 1 aliphatic heterocycles. The van der Waals surface area contributed by atoms with E-state index >= 15 is 0 Å². The van der Waals surface area contributed by atoms with E-state index in [-0.39, 0.29) is 5.91 Å². The van der Waals surface area contributed by atoms with E-state index in [0.717, 1.165) is 35.2 Å². The standard InChI is InChI=1S/C22H24N4OS/c27-21(12-9-18-16-28-22(25-18)20-6-2-3-13-23-20)24-17-7-10-19(11-8-17)26-14-4-1-5-15-26/h2-3,6-8,10-11,13,16H,1,4-5,9,12,14-15H2,(H,24,27). The second-order valence-corrected chi connectivity index (χ2v) is 7.86. The molecule has 144 valence electrons. The molecule has 6 heteroatoms. The molecule has 1 aromatic carbocycles. The maximum Gasteiger partial charge on any atom is 0.224 e. The van der Waals surface area contributed by atoms with Crippen molar-refractivity contribution >= 4 is 28.6 Å². The predicted molar refractivity (Wildman–Crippen MR) is 115 cm³/mol. The molecule has 28 heavy (non-hydrogen) atoms. The SMILES string of the molecule is O=C(CCc1csc(-c2ccccn2)n1)Nc1ccc(N2CCCCC2)cc1. The van der Waals surface area contributed by atoms with Gasteiger partial charge in [-0.3, -0.25) is 9.78 Å². The van der Waals surface area contributed by atoms with Gasteiger partial charge in [-0.2, -0.15) is 0 Å². The molecule has 0 spiro atoms. The summed E-state index contributed by atoms with van der Waals surface area (Å²) in [4.78, 5) is 23.6. The molecule has 0 atom stereocenters. The zero-order valence-electron chi connectivity index (χ0n) is 15.8. The number of aryl methyl sites for hydroxylation is 1. The summed E-state index contributed by atoms with van der Waals surface area (Å²) in [6.07, 6.45) is 6.65. The van der Waals surface area contributed by atoms with E-state index in [1.807, 2.05) is 35.7 Å². The summed E-state index contributed by atoms with van der Waals surface area (Å²) in [7, 11) is 0. The first-order valence-electron chi connectivity index (χ1n) is 9.78. The zero-order valence-corrected chi connectivity index (χ0v) is 16.6. The number of benzene rings is 1. The quantitative estimate of drug-likeness (QED) is 0.657. The lowest BCUT2D eigenvalue weighted by molar-refractivity contribution is -0.116. The van der Waals surface area contributed by atoms with Gasteiger partial charge in [0.2, 0.25) is 5.91 Å². The second-order valence-electron chi connectivity index (χ2n) is 7.00. The van der Waals surface area contributed by atoms with Crippen molar-refractivity contribution < 1.29 is 4.79 Å². The maximum absolute atomic E-state index is 12.3. The summed E-state index contributed by atoms with van der Waals surface area (Å²) < 4.78 is 0. The molecular formula is C22H24N4OS. The monoisotopic (exact) mass is 392 g/mol. The van der Waals surface area contributed by atoms with Crippen LogP contribution in [0.15, 0.2) is 54.0 Å². The van der Waals surface area contributed by atoms with Crippen LogP contribution in [0.2, 0.25) is 0 Å². The Balaban J connectivity index is 1.28. The minimum absolute atomic E-state index is 0.0121. The van der Waals surface area contributed by atoms with Crippen LogP contribution in [0.25, 0.3) is 10.7 Å². The van der Waals surface area contributed by atoms with Crippen LogP contribution < -0.4 is 10.2 Å². The Morgan fingerprint density at radius 1 is 1.07 bits per heavy atom. The summed E-state index contributed by atoms with van der Waals surface area (Å²) in [5.74, 6) is 0.0121. The van der Waals surface area contributed by atoms with E-state index in [9.17, 15) is 4.79 Å². The highest BCUT2D eigenvalue weighted by molar-refractivity contribution is 7.13. The molecule has 1 aliphatic rings. The third-order valence-electron chi connectivity index (χ3n) is 4.92. The Morgan fingerprint density at radius 2 is 1.89 bits per heavy atom. The number of nitrogens with one attached hydrogen (secondary N) is 1. The number of carbonyl (C=O) groups excluding carboxylic acids is 1. The number of carbonyl (C=O) groups is 1. The lowest BCUT2D eigenvalue weighted by Gasteiger charge is -2.28. The Bertz CT molecular complexity index is 902. The molecule has 5 nitrogen and oxygen atoms in total.